The number of benzene rings is 1. The largest absolute Gasteiger partial charge is 0.294 e. The van der Waals surface area contributed by atoms with E-state index in [0.29, 0.717) is 13.1 Å². The first-order valence-electron chi connectivity index (χ1n) is 7.92. The van der Waals surface area contributed by atoms with E-state index in [0.717, 1.165) is 45.7 Å². The molecule has 0 spiro atoms. The number of aryl methyl sites for hydroxylation is 1. The topological polar surface area (TPSA) is 51.0 Å². The molecule has 3 aromatic rings. The van der Waals surface area contributed by atoms with Crippen LogP contribution in [0.25, 0.3) is 10.9 Å². The number of hydrogen-bond donors (Lipinski definition) is 0. The molecule has 0 saturated carbocycles. The van der Waals surface area contributed by atoms with Crippen LogP contribution < -0.4 is 5.56 Å². The van der Waals surface area contributed by atoms with Crippen LogP contribution in [-0.2, 0) is 26.6 Å². The van der Waals surface area contributed by atoms with Gasteiger partial charge in [0, 0.05) is 61.3 Å². The molecule has 0 amide bonds. The van der Waals surface area contributed by atoms with E-state index in [2.05, 4.69) is 15.0 Å². The third kappa shape index (κ3) is 2.70. The number of aromatic nitrogens is 3. The van der Waals surface area contributed by atoms with E-state index in [-0.39, 0.29) is 5.56 Å². The maximum Gasteiger partial charge on any atom is 0.266 e. The Morgan fingerprint density at radius 1 is 1.29 bits per heavy atom. The lowest BCUT2D eigenvalue weighted by Crippen LogP contribution is -2.34. The second-order valence-corrected chi connectivity index (χ2v) is 6.55. The van der Waals surface area contributed by atoms with Crippen molar-refractivity contribution in [3.8, 4) is 0 Å². The smallest absolute Gasteiger partial charge is 0.266 e. The van der Waals surface area contributed by atoms with E-state index < -0.39 is 0 Å². The third-order valence-electron chi connectivity index (χ3n) is 4.52. The molecule has 1 aliphatic rings. The molecule has 0 radical (unpaired) electrons. The van der Waals surface area contributed by atoms with E-state index in [1.807, 2.05) is 24.3 Å². The Bertz CT molecular complexity index is 982. The quantitative estimate of drug-likeness (QED) is 0.719. The number of halogens is 1. The summed E-state index contributed by atoms with van der Waals surface area (Å²) >= 11 is 6.44. The van der Waals surface area contributed by atoms with Crippen molar-refractivity contribution < 1.29 is 0 Å². The fourth-order valence-corrected chi connectivity index (χ4v) is 3.45. The Morgan fingerprint density at radius 3 is 3.04 bits per heavy atom. The lowest BCUT2D eigenvalue weighted by atomic mass is 10.0. The molecular weight excluding hydrogens is 324 g/mol. The number of hydrogen-bond acceptors (Lipinski definition) is 4. The van der Waals surface area contributed by atoms with Crippen LogP contribution in [0, 0.1) is 0 Å². The second kappa shape index (κ2) is 6.00. The Hall–Kier alpha value is -2.24. The molecule has 0 N–H and O–H groups in total. The third-order valence-corrected chi connectivity index (χ3v) is 4.87. The minimum absolute atomic E-state index is 0.0690. The van der Waals surface area contributed by atoms with Crippen molar-refractivity contribution in [2.75, 3.05) is 6.54 Å². The standard InChI is InChI=1S/C18H17ClN4O/c1-22-17(24)9-13-10-23(8-6-16(13)21-22)11-14-15(19)5-4-12-3-2-7-20-18(12)14/h2-5,7,9H,6,8,10-11H2,1H3. The Balaban J connectivity index is 1.66. The van der Waals surface area contributed by atoms with Gasteiger partial charge in [-0.2, -0.15) is 5.10 Å². The average molecular weight is 341 g/mol. The highest BCUT2D eigenvalue weighted by atomic mass is 35.5. The van der Waals surface area contributed by atoms with E-state index >= 15 is 0 Å². The summed E-state index contributed by atoms with van der Waals surface area (Å²) in [6.45, 7) is 2.30. The molecule has 2 aromatic heterocycles. The van der Waals surface area contributed by atoms with Crippen molar-refractivity contribution in [1.82, 2.24) is 19.7 Å². The van der Waals surface area contributed by atoms with Gasteiger partial charge >= 0.3 is 0 Å². The molecule has 0 atom stereocenters. The van der Waals surface area contributed by atoms with Crippen molar-refractivity contribution in [1.29, 1.82) is 0 Å². The van der Waals surface area contributed by atoms with Crippen molar-refractivity contribution in [3.63, 3.8) is 0 Å². The first-order valence-corrected chi connectivity index (χ1v) is 8.30. The van der Waals surface area contributed by atoms with E-state index in [4.69, 9.17) is 11.6 Å². The molecule has 4 rings (SSSR count). The molecule has 0 saturated heterocycles. The SMILES string of the molecule is Cn1nc2c(cc1=O)CN(Cc1c(Cl)ccc3cccnc13)CC2. The zero-order valence-corrected chi connectivity index (χ0v) is 14.1. The van der Waals surface area contributed by atoms with Crippen LogP contribution >= 0.6 is 11.6 Å². The molecular formula is C18H17ClN4O. The predicted octanol–water partition coefficient (Wildman–Crippen LogP) is 2.54. The molecule has 1 aliphatic heterocycles. The summed E-state index contributed by atoms with van der Waals surface area (Å²) in [5, 5.41) is 6.18. The molecule has 0 unspecified atom stereocenters. The summed E-state index contributed by atoms with van der Waals surface area (Å²) in [4.78, 5) is 18.6. The molecule has 0 aliphatic carbocycles. The normalized spacial score (nSPS) is 14.8. The molecule has 0 bridgehead atoms. The van der Waals surface area contributed by atoms with Crippen molar-refractivity contribution in [2.24, 2.45) is 7.05 Å². The number of pyridine rings is 1. The minimum atomic E-state index is -0.0690. The van der Waals surface area contributed by atoms with Gasteiger partial charge in [-0.3, -0.25) is 14.7 Å². The van der Waals surface area contributed by atoms with Gasteiger partial charge in [-0.15, -0.1) is 0 Å². The average Bonchev–Trinajstić information content (AvgIpc) is 2.59. The van der Waals surface area contributed by atoms with Crippen LogP contribution in [-0.4, -0.2) is 26.2 Å². The van der Waals surface area contributed by atoms with Crippen LogP contribution in [0.3, 0.4) is 0 Å². The maximum absolute atomic E-state index is 11.8. The van der Waals surface area contributed by atoms with Crippen LogP contribution in [0.15, 0.2) is 41.3 Å². The Kier molecular flexibility index (Phi) is 3.82. The van der Waals surface area contributed by atoms with Gasteiger partial charge in [0.1, 0.15) is 0 Å². The summed E-state index contributed by atoms with van der Waals surface area (Å²) in [6.07, 6.45) is 2.63. The second-order valence-electron chi connectivity index (χ2n) is 6.14. The molecule has 6 heteroatoms. The van der Waals surface area contributed by atoms with E-state index in [9.17, 15) is 4.79 Å². The molecule has 5 nitrogen and oxygen atoms in total. The maximum atomic E-state index is 11.8. The van der Waals surface area contributed by atoms with Crippen LogP contribution in [0.1, 0.15) is 16.8 Å². The first kappa shape index (κ1) is 15.3. The molecule has 24 heavy (non-hydrogen) atoms. The number of fused-ring (bicyclic) bond motifs is 2. The zero-order chi connectivity index (χ0) is 16.7. The van der Waals surface area contributed by atoms with Crippen LogP contribution in [0.5, 0.6) is 0 Å². The van der Waals surface area contributed by atoms with E-state index in [1.165, 1.54) is 4.68 Å². The van der Waals surface area contributed by atoms with Crippen LogP contribution in [0.4, 0.5) is 0 Å². The molecule has 0 fully saturated rings. The van der Waals surface area contributed by atoms with Crippen molar-refractivity contribution in [3.05, 3.63) is 68.7 Å². The highest BCUT2D eigenvalue weighted by Crippen LogP contribution is 2.27. The molecule has 3 heterocycles. The fourth-order valence-electron chi connectivity index (χ4n) is 3.24. The molecule has 122 valence electrons. The van der Waals surface area contributed by atoms with Gasteiger partial charge in [0.2, 0.25) is 0 Å². The van der Waals surface area contributed by atoms with Gasteiger partial charge in [-0.25, -0.2) is 4.68 Å². The van der Waals surface area contributed by atoms with Gasteiger partial charge < -0.3 is 0 Å². The van der Waals surface area contributed by atoms with Gasteiger partial charge in [-0.1, -0.05) is 23.7 Å². The number of rotatable bonds is 2. The van der Waals surface area contributed by atoms with Crippen LogP contribution in [0.2, 0.25) is 5.02 Å². The minimum Gasteiger partial charge on any atom is -0.294 e. The van der Waals surface area contributed by atoms with Gasteiger partial charge in [0.25, 0.3) is 5.56 Å². The summed E-state index contributed by atoms with van der Waals surface area (Å²) in [7, 11) is 1.69. The zero-order valence-electron chi connectivity index (χ0n) is 13.4. The number of nitrogens with zero attached hydrogens (tertiary/aromatic N) is 4. The van der Waals surface area contributed by atoms with E-state index in [1.54, 1.807) is 19.3 Å². The lowest BCUT2D eigenvalue weighted by Gasteiger charge is -2.28. The highest BCUT2D eigenvalue weighted by molar-refractivity contribution is 6.32. The summed E-state index contributed by atoms with van der Waals surface area (Å²) in [5.41, 5.74) is 3.93. The first-order chi connectivity index (χ1) is 11.6. The summed E-state index contributed by atoms with van der Waals surface area (Å²) in [5.74, 6) is 0. The van der Waals surface area contributed by atoms with Gasteiger partial charge in [-0.05, 0) is 17.7 Å². The Labute approximate surface area is 144 Å². The lowest BCUT2D eigenvalue weighted by molar-refractivity contribution is 0.242. The molecule has 1 aromatic carbocycles. The highest BCUT2D eigenvalue weighted by Gasteiger charge is 2.20. The predicted molar refractivity (Wildman–Crippen MR) is 94.0 cm³/mol. The van der Waals surface area contributed by atoms with Crippen molar-refractivity contribution >= 4 is 22.5 Å². The summed E-state index contributed by atoms with van der Waals surface area (Å²) in [6, 6.07) is 9.58. The van der Waals surface area contributed by atoms with Crippen molar-refractivity contribution in [2.45, 2.75) is 19.5 Å². The fraction of sp³-hybridized carbons (Fsp3) is 0.278. The monoisotopic (exact) mass is 340 g/mol. The summed E-state index contributed by atoms with van der Waals surface area (Å²) < 4.78 is 1.40. The van der Waals surface area contributed by atoms with Gasteiger partial charge in [0.15, 0.2) is 0 Å². The Morgan fingerprint density at radius 2 is 2.17 bits per heavy atom. The van der Waals surface area contributed by atoms with Gasteiger partial charge in [0.05, 0.1) is 11.2 Å².